The highest BCUT2D eigenvalue weighted by molar-refractivity contribution is 7.12. The monoisotopic (exact) mass is 352 g/mol. The van der Waals surface area contributed by atoms with E-state index >= 15 is 0 Å². The minimum atomic E-state index is -0.772. The summed E-state index contributed by atoms with van der Waals surface area (Å²) in [5.41, 5.74) is 1.85. The predicted molar refractivity (Wildman–Crippen MR) is 95.6 cm³/mol. The first-order valence-electron chi connectivity index (χ1n) is 8.70. The Morgan fingerprint density at radius 1 is 1.50 bits per heavy atom. The molecule has 1 saturated heterocycles. The second kappa shape index (κ2) is 6.75. The zero-order valence-corrected chi connectivity index (χ0v) is 15.6. The third kappa shape index (κ3) is 3.52. The Balaban J connectivity index is 2.00. The van der Waals surface area contributed by atoms with Crippen molar-refractivity contribution < 1.29 is 14.6 Å². The average molecular weight is 353 g/mol. The van der Waals surface area contributed by atoms with Gasteiger partial charge in [0.05, 0.1) is 12.2 Å². The van der Waals surface area contributed by atoms with E-state index in [4.69, 9.17) is 10.6 Å². The molecular weight excluding hydrogens is 324 g/mol. The fraction of sp³-hybridized carbons (Fsp3) is 0.722. The lowest BCUT2D eigenvalue weighted by molar-refractivity contribution is 0.0278. The summed E-state index contributed by atoms with van der Waals surface area (Å²) in [7, 11) is 1.85. The summed E-state index contributed by atoms with van der Waals surface area (Å²) in [6.45, 7) is 6.54. The molecule has 0 saturated carbocycles. The molecule has 2 atom stereocenters. The molecule has 3 N–H and O–H groups in total. The SMILES string of the molecule is CN(N)C[C@H]1COCC[C@H]1c1sc2c(c1C(=O)O)CC(C)(C)CC2. The van der Waals surface area contributed by atoms with Crippen LogP contribution in [0.5, 0.6) is 0 Å². The van der Waals surface area contributed by atoms with Crippen molar-refractivity contribution in [2.24, 2.45) is 17.2 Å². The van der Waals surface area contributed by atoms with Crippen molar-refractivity contribution in [2.45, 2.75) is 45.4 Å². The molecule has 1 aromatic heterocycles. The number of nitrogens with two attached hydrogens (primary N) is 1. The second-order valence-electron chi connectivity index (χ2n) is 8.06. The van der Waals surface area contributed by atoms with Crippen LogP contribution in [-0.4, -0.2) is 42.9 Å². The highest BCUT2D eigenvalue weighted by Crippen LogP contribution is 2.46. The molecule has 1 fully saturated rings. The van der Waals surface area contributed by atoms with Gasteiger partial charge in [0.2, 0.25) is 0 Å². The lowest BCUT2D eigenvalue weighted by Crippen LogP contribution is -2.38. The van der Waals surface area contributed by atoms with Crippen molar-refractivity contribution in [3.63, 3.8) is 0 Å². The smallest absolute Gasteiger partial charge is 0.337 e. The largest absolute Gasteiger partial charge is 0.478 e. The first kappa shape index (κ1) is 17.9. The van der Waals surface area contributed by atoms with E-state index in [1.807, 2.05) is 7.05 Å². The normalized spacial score (nSPS) is 26.4. The van der Waals surface area contributed by atoms with Crippen LogP contribution in [0.2, 0.25) is 0 Å². The zero-order chi connectivity index (χ0) is 17.5. The molecular formula is C18H28N2O3S. The van der Waals surface area contributed by atoms with E-state index in [1.165, 1.54) is 4.88 Å². The summed E-state index contributed by atoms with van der Waals surface area (Å²) in [4.78, 5) is 14.4. The molecule has 3 rings (SSSR count). The van der Waals surface area contributed by atoms with E-state index in [2.05, 4.69) is 13.8 Å². The van der Waals surface area contributed by atoms with Crippen LogP contribution in [0.15, 0.2) is 0 Å². The van der Waals surface area contributed by atoms with E-state index < -0.39 is 5.97 Å². The fourth-order valence-electron chi connectivity index (χ4n) is 4.13. The summed E-state index contributed by atoms with van der Waals surface area (Å²) >= 11 is 1.73. The Kier molecular flexibility index (Phi) is 5.02. The molecule has 1 aromatic rings. The lowest BCUT2D eigenvalue weighted by atomic mass is 9.75. The number of thiophene rings is 1. The molecule has 2 aliphatic rings. The first-order valence-corrected chi connectivity index (χ1v) is 9.51. The molecule has 0 radical (unpaired) electrons. The Labute approximate surface area is 147 Å². The summed E-state index contributed by atoms with van der Waals surface area (Å²) < 4.78 is 5.65. The number of carboxylic acids is 1. The van der Waals surface area contributed by atoms with Gasteiger partial charge in [-0.3, -0.25) is 5.84 Å². The number of carbonyl (C=O) groups is 1. The third-order valence-corrected chi connectivity index (χ3v) is 6.77. The van der Waals surface area contributed by atoms with Gasteiger partial charge < -0.3 is 9.84 Å². The molecule has 6 heteroatoms. The molecule has 0 aromatic carbocycles. The molecule has 0 amide bonds. The Morgan fingerprint density at radius 2 is 2.25 bits per heavy atom. The maximum atomic E-state index is 12.1. The van der Waals surface area contributed by atoms with E-state index in [0.717, 1.165) is 42.7 Å². The van der Waals surface area contributed by atoms with E-state index in [1.54, 1.807) is 16.3 Å². The van der Waals surface area contributed by atoms with E-state index in [-0.39, 0.29) is 17.3 Å². The molecule has 1 aliphatic heterocycles. The van der Waals surface area contributed by atoms with Crippen LogP contribution in [0.25, 0.3) is 0 Å². The average Bonchev–Trinajstić information content (AvgIpc) is 2.84. The van der Waals surface area contributed by atoms with Gasteiger partial charge in [0.25, 0.3) is 0 Å². The van der Waals surface area contributed by atoms with Gasteiger partial charge in [0, 0.05) is 41.8 Å². The number of nitrogens with zero attached hydrogens (tertiary/aromatic N) is 1. The summed E-state index contributed by atoms with van der Waals surface area (Å²) in [5.74, 6) is 5.57. The number of hydrogen-bond donors (Lipinski definition) is 2. The number of rotatable bonds is 4. The van der Waals surface area contributed by atoms with Crippen LogP contribution in [0, 0.1) is 11.3 Å². The molecule has 24 heavy (non-hydrogen) atoms. The van der Waals surface area contributed by atoms with Gasteiger partial charge in [0.15, 0.2) is 0 Å². The molecule has 0 spiro atoms. The van der Waals surface area contributed by atoms with Gasteiger partial charge in [-0.15, -0.1) is 11.3 Å². The van der Waals surface area contributed by atoms with Crippen molar-refractivity contribution in [2.75, 3.05) is 26.8 Å². The summed E-state index contributed by atoms with van der Waals surface area (Å²) in [6.07, 6.45) is 3.87. The zero-order valence-electron chi connectivity index (χ0n) is 14.8. The Morgan fingerprint density at radius 3 is 2.92 bits per heavy atom. The van der Waals surface area contributed by atoms with Crippen molar-refractivity contribution in [1.29, 1.82) is 0 Å². The van der Waals surface area contributed by atoms with Crippen LogP contribution in [-0.2, 0) is 17.6 Å². The number of hydrazine groups is 1. The number of ether oxygens (including phenoxy) is 1. The summed E-state index contributed by atoms with van der Waals surface area (Å²) in [6, 6.07) is 0. The van der Waals surface area contributed by atoms with Crippen LogP contribution in [0.4, 0.5) is 0 Å². The molecule has 2 heterocycles. The van der Waals surface area contributed by atoms with Crippen molar-refractivity contribution in [3.8, 4) is 0 Å². The van der Waals surface area contributed by atoms with Crippen LogP contribution >= 0.6 is 11.3 Å². The number of aryl methyl sites for hydroxylation is 1. The lowest BCUT2D eigenvalue weighted by Gasteiger charge is -2.33. The number of hydrogen-bond acceptors (Lipinski definition) is 5. The maximum Gasteiger partial charge on any atom is 0.337 e. The van der Waals surface area contributed by atoms with Crippen molar-refractivity contribution in [3.05, 3.63) is 20.9 Å². The second-order valence-corrected chi connectivity index (χ2v) is 9.20. The molecule has 0 unspecified atom stereocenters. The molecule has 5 nitrogen and oxygen atoms in total. The third-order valence-electron chi connectivity index (χ3n) is 5.35. The van der Waals surface area contributed by atoms with Crippen LogP contribution < -0.4 is 5.84 Å². The first-order chi connectivity index (χ1) is 11.3. The quantitative estimate of drug-likeness (QED) is 0.644. The maximum absolute atomic E-state index is 12.1. The van der Waals surface area contributed by atoms with Gasteiger partial charge in [-0.05, 0) is 36.7 Å². The van der Waals surface area contributed by atoms with Gasteiger partial charge >= 0.3 is 5.97 Å². The van der Waals surface area contributed by atoms with Crippen LogP contribution in [0.3, 0.4) is 0 Å². The summed E-state index contributed by atoms with van der Waals surface area (Å²) in [5, 5.41) is 11.6. The van der Waals surface area contributed by atoms with Gasteiger partial charge in [-0.2, -0.15) is 0 Å². The van der Waals surface area contributed by atoms with Gasteiger partial charge in [0.1, 0.15) is 0 Å². The minimum Gasteiger partial charge on any atom is -0.478 e. The fourth-order valence-corrected chi connectivity index (χ4v) is 5.67. The standard InChI is InChI=1S/C18H28N2O3S/c1-18(2)6-4-14-13(8-18)15(17(21)22)16(24-14)12-5-7-23-10-11(12)9-20(3)19/h11-12H,4-10,19H2,1-3H3,(H,21,22)/t11-,12+/m0/s1. The minimum absolute atomic E-state index is 0.183. The highest BCUT2D eigenvalue weighted by Gasteiger charge is 2.37. The van der Waals surface area contributed by atoms with Gasteiger partial charge in [-0.1, -0.05) is 13.8 Å². The molecule has 0 bridgehead atoms. The predicted octanol–water partition coefficient (Wildman–Crippen LogP) is 2.89. The molecule has 134 valence electrons. The van der Waals surface area contributed by atoms with E-state index in [0.29, 0.717) is 18.8 Å². The molecule has 1 aliphatic carbocycles. The number of aromatic carboxylic acids is 1. The van der Waals surface area contributed by atoms with Crippen molar-refractivity contribution in [1.82, 2.24) is 5.01 Å². The Hall–Kier alpha value is -0.950. The van der Waals surface area contributed by atoms with E-state index in [9.17, 15) is 9.90 Å². The number of carboxylic acid groups (broad SMARTS) is 1. The van der Waals surface area contributed by atoms with Gasteiger partial charge in [-0.25, -0.2) is 9.80 Å². The highest BCUT2D eigenvalue weighted by atomic mass is 32.1. The Bertz CT molecular complexity index is 624. The van der Waals surface area contributed by atoms with Crippen LogP contribution in [0.1, 0.15) is 58.3 Å². The van der Waals surface area contributed by atoms with Crippen molar-refractivity contribution >= 4 is 17.3 Å². The number of fused-ring (bicyclic) bond motifs is 1. The topological polar surface area (TPSA) is 75.8 Å².